The monoisotopic (exact) mass is 222 g/mol. The van der Waals surface area contributed by atoms with Crippen LogP contribution in [0.2, 0.25) is 0 Å². The van der Waals surface area contributed by atoms with Gasteiger partial charge in [-0.1, -0.05) is 6.07 Å². The maximum absolute atomic E-state index is 11.5. The van der Waals surface area contributed by atoms with E-state index in [-0.39, 0.29) is 6.10 Å². The molecular formula is C11H14N2O3. The normalized spacial score (nSPS) is 19.4. The summed E-state index contributed by atoms with van der Waals surface area (Å²) < 4.78 is 10.2. The number of carbonyl (C=O) groups excluding carboxylic acids is 1. The first-order valence-electron chi connectivity index (χ1n) is 5.15. The van der Waals surface area contributed by atoms with E-state index in [9.17, 15) is 4.79 Å². The Hall–Kier alpha value is -1.75. The van der Waals surface area contributed by atoms with Crippen LogP contribution >= 0.6 is 0 Å². The molecule has 0 aromatic heterocycles. The number of anilines is 2. The second-order valence-corrected chi connectivity index (χ2v) is 3.64. The van der Waals surface area contributed by atoms with Crippen molar-refractivity contribution in [2.45, 2.75) is 12.5 Å². The number of nitrogens with two attached hydrogens (primary N) is 1. The minimum absolute atomic E-state index is 0.138. The van der Waals surface area contributed by atoms with E-state index in [1.54, 1.807) is 24.3 Å². The highest BCUT2D eigenvalue weighted by atomic mass is 16.6. The molecule has 0 unspecified atom stereocenters. The van der Waals surface area contributed by atoms with Crippen molar-refractivity contribution >= 4 is 17.5 Å². The maximum Gasteiger partial charge on any atom is 0.411 e. The quantitative estimate of drug-likeness (QED) is 0.745. The Balaban J connectivity index is 1.86. The van der Waals surface area contributed by atoms with Crippen molar-refractivity contribution in [3.05, 3.63) is 24.3 Å². The van der Waals surface area contributed by atoms with Gasteiger partial charge < -0.3 is 15.2 Å². The summed E-state index contributed by atoms with van der Waals surface area (Å²) in [6, 6.07) is 6.94. The highest BCUT2D eigenvalue weighted by molar-refractivity contribution is 5.85. The van der Waals surface area contributed by atoms with Gasteiger partial charge in [0.1, 0.15) is 6.10 Å². The molecule has 5 nitrogen and oxygen atoms in total. The van der Waals surface area contributed by atoms with E-state index in [0.29, 0.717) is 24.6 Å². The molecule has 0 spiro atoms. The summed E-state index contributed by atoms with van der Waals surface area (Å²) in [6.45, 7) is 1.13. The molecular weight excluding hydrogens is 208 g/mol. The second kappa shape index (κ2) is 4.85. The Labute approximate surface area is 93.5 Å². The summed E-state index contributed by atoms with van der Waals surface area (Å²) in [5.41, 5.74) is 6.81. The number of nitrogen functional groups attached to an aromatic ring is 1. The van der Waals surface area contributed by atoms with Crippen LogP contribution < -0.4 is 11.1 Å². The fourth-order valence-electron chi connectivity index (χ4n) is 1.52. The van der Waals surface area contributed by atoms with Crippen molar-refractivity contribution in [3.8, 4) is 0 Å². The molecule has 1 atom stereocenters. The Morgan fingerprint density at radius 2 is 2.44 bits per heavy atom. The lowest BCUT2D eigenvalue weighted by atomic mass is 10.3. The Kier molecular flexibility index (Phi) is 3.26. The zero-order valence-electron chi connectivity index (χ0n) is 8.81. The molecule has 1 heterocycles. The molecule has 1 aromatic rings. The van der Waals surface area contributed by atoms with Gasteiger partial charge in [-0.15, -0.1) is 0 Å². The molecule has 1 aliphatic rings. The van der Waals surface area contributed by atoms with Gasteiger partial charge in [0.2, 0.25) is 0 Å². The average Bonchev–Trinajstić information content (AvgIpc) is 2.70. The van der Waals surface area contributed by atoms with Crippen molar-refractivity contribution < 1.29 is 14.3 Å². The van der Waals surface area contributed by atoms with Crippen molar-refractivity contribution in [1.82, 2.24) is 0 Å². The van der Waals surface area contributed by atoms with Gasteiger partial charge in [0.05, 0.1) is 13.2 Å². The van der Waals surface area contributed by atoms with E-state index < -0.39 is 6.09 Å². The van der Waals surface area contributed by atoms with E-state index in [0.717, 1.165) is 6.42 Å². The summed E-state index contributed by atoms with van der Waals surface area (Å²) in [4.78, 5) is 11.5. The van der Waals surface area contributed by atoms with E-state index in [1.165, 1.54) is 0 Å². The van der Waals surface area contributed by atoms with Crippen LogP contribution in [0.4, 0.5) is 16.2 Å². The molecule has 0 bridgehead atoms. The molecule has 1 saturated heterocycles. The van der Waals surface area contributed by atoms with Gasteiger partial charge in [0.15, 0.2) is 0 Å². The van der Waals surface area contributed by atoms with Gasteiger partial charge in [0.25, 0.3) is 0 Å². The fraction of sp³-hybridized carbons (Fsp3) is 0.364. The van der Waals surface area contributed by atoms with Crippen LogP contribution in [0.15, 0.2) is 24.3 Å². The number of hydrogen-bond donors (Lipinski definition) is 2. The van der Waals surface area contributed by atoms with Crippen LogP contribution in [-0.4, -0.2) is 25.4 Å². The minimum Gasteiger partial charge on any atom is -0.443 e. The van der Waals surface area contributed by atoms with E-state index in [2.05, 4.69) is 5.32 Å². The summed E-state index contributed by atoms with van der Waals surface area (Å²) >= 11 is 0. The third-order valence-electron chi connectivity index (χ3n) is 2.29. The van der Waals surface area contributed by atoms with Crippen molar-refractivity contribution in [3.63, 3.8) is 0 Å². The Morgan fingerprint density at radius 1 is 1.56 bits per heavy atom. The lowest BCUT2D eigenvalue weighted by Crippen LogP contribution is -2.22. The van der Waals surface area contributed by atoms with Gasteiger partial charge in [-0.3, -0.25) is 5.32 Å². The molecule has 1 amide bonds. The van der Waals surface area contributed by atoms with Crippen molar-refractivity contribution in [2.24, 2.45) is 0 Å². The predicted octanol–water partition coefficient (Wildman–Crippen LogP) is 1.61. The Morgan fingerprint density at radius 3 is 3.12 bits per heavy atom. The largest absolute Gasteiger partial charge is 0.443 e. The fourth-order valence-corrected chi connectivity index (χ4v) is 1.52. The number of rotatable bonds is 2. The first-order chi connectivity index (χ1) is 7.74. The average molecular weight is 222 g/mol. The van der Waals surface area contributed by atoms with Crippen LogP contribution in [-0.2, 0) is 9.47 Å². The summed E-state index contributed by atoms with van der Waals surface area (Å²) in [5, 5.41) is 2.61. The summed E-state index contributed by atoms with van der Waals surface area (Å²) in [7, 11) is 0. The summed E-state index contributed by atoms with van der Waals surface area (Å²) in [6.07, 6.45) is 0.145. The predicted molar refractivity (Wildman–Crippen MR) is 60.2 cm³/mol. The number of amides is 1. The molecule has 2 rings (SSSR count). The lowest BCUT2D eigenvalue weighted by molar-refractivity contribution is 0.0932. The standard InChI is InChI=1S/C11H14N2O3/c12-8-2-1-3-9(6-8)13-11(14)16-10-4-5-15-7-10/h1-3,6,10H,4-5,7,12H2,(H,13,14)/t10-/m0/s1. The maximum atomic E-state index is 11.5. The third-order valence-corrected chi connectivity index (χ3v) is 2.29. The smallest absolute Gasteiger partial charge is 0.411 e. The summed E-state index contributed by atoms with van der Waals surface area (Å²) in [5.74, 6) is 0. The first kappa shape index (κ1) is 10.8. The zero-order valence-corrected chi connectivity index (χ0v) is 8.81. The molecule has 16 heavy (non-hydrogen) atoms. The number of nitrogens with one attached hydrogen (secondary N) is 1. The van der Waals surface area contributed by atoms with Crippen LogP contribution in [0.1, 0.15) is 6.42 Å². The van der Waals surface area contributed by atoms with Crippen molar-refractivity contribution in [1.29, 1.82) is 0 Å². The molecule has 0 radical (unpaired) electrons. The Bertz CT molecular complexity index is 375. The van der Waals surface area contributed by atoms with Gasteiger partial charge in [-0.05, 0) is 18.2 Å². The number of ether oxygens (including phenoxy) is 2. The number of hydrogen-bond acceptors (Lipinski definition) is 4. The molecule has 3 N–H and O–H groups in total. The van der Waals surface area contributed by atoms with Gasteiger partial charge >= 0.3 is 6.09 Å². The molecule has 5 heteroatoms. The molecule has 0 saturated carbocycles. The molecule has 86 valence electrons. The van der Waals surface area contributed by atoms with E-state index in [1.807, 2.05) is 0 Å². The van der Waals surface area contributed by atoms with Gasteiger partial charge in [0, 0.05) is 17.8 Å². The van der Waals surface area contributed by atoms with Crippen LogP contribution in [0.3, 0.4) is 0 Å². The topological polar surface area (TPSA) is 73.6 Å². The third kappa shape index (κ3) is 2.87. The van der Waals surface area contributed by atoms with Crippen molar-refractivity contribution in [2.75, 3.05) is 24.3 Å². The molecule has 1 aliphatic heterocycles. The highest BCUT2D eigenvalue weighted by Gasteiger charge is 2.19. The number of benzene rings is 1. The second-order valence-electron chi connectivity index (χ2n) is 3.64. The lowest BCUT2D eigenvalue weighted by Gasteiger charge is -2.11. The number of carbonyl (C=O) groups is 1. The highest BCUT2D eigenvalue weighted by Crippen LogP contribution is 2.13. The molecule has 1 fully saturated rings. The van der Waals surface area contributed by atoms with Gasteiger partial charge in [-0.25, -0.2) is 4.79 Å². The zero-order chi connectivity index (χ0) is 11.4. The molecule has 0 aliphatic carbocycles. The van der Waals surface area contributed by atoms with Crippen LogP contribution in [0.5, 0.6) is 0 Å². The van der Waals surface area contributed by atoms with Crippen LogP contribution in [0.25, 0.3) is 0 Å². The van der Waals surface area contributed by atoms with E-state index >= 15 is 0 Å². The first-order valence-corrected chi connectivity index (χ1v) is 5.15. The minimum atomic E-state index is -0.471. The van der Waals surface area contributed by atoms with Gasteiger partial charge in [-0.2, -0.15) is 0 Å². The van der Waals surface area contributed by atoms with Crippen LogP contribution in [0, 0.1) is 0 Å². The van der Waals surface area contributed by atoms with E-state index in [4.69, 9.17) is 15.2 Å². The SMILES string of the molecule is Nc1cccc(NC(=O)O[C@H]2CCOC2)c1. The molecule has 1 aromatic carbocycles.